The highest BCUT2D eigenvalue weighted by molar-refractivity contribution is 7.09. The van der Waals surface area contributed by atoms with Crippen LogP contribution in [0.2, 0.25) is 0 Å². The molecule has 0 aliphatic rings. The van der Waals surface area contributed by atoms with E-state index < -0.39 is 0 Å². The number of carbonyl (C=O) groups excluding carboxylic acids is 1. The fourth-order valence-electron chi connectivity index (χ4n) is 3.49. The Labute approximate surface area is 189 Å². The topological polar surface area (TPSA) is 49.3 Å². The van der Waals surface area contributed by atoms with Crippen molar-refractivity contribution in [2.24, 2.45) is 0 Å². The van der Waals surface area contributed by atoms with Crippen molar-refractivity contribution in [2.75, 3.05) is 24.5 Å². The van der Waals surface area contributed by atoms with Gasteiger partial charge in [-0.3, -0.25) is 4.79 Å². The van der Waals surface area contributed by atoms with Crippen LogP contribution in [-0.4, -0.2) is 39.8 Å². The molecule has 2 aromatic carbocycles. The molecule has 3 aromatic rings. The van der Waals surface area contributed by atoms with E-state index in [1.54, 1.807) is 0 Å². The molecule has 0 unspecified atom stereocenters. The summed E-state index contributed by atoms with van der Waals surface area (Å²) in [5.41, 5.74) is 3.59. The number of hydrogen-bond donors (Lipinski definition) is 0. The summed E-state index contributed by atoms with van der Waals surface area (Å²) in [7, 11) is 0. The minimum atomic E-state index is 0.148. The molecule has 31 heavy (non-hydrogen) atoms. The lowest BCUT2D eigenvalue weighted by Crippen LogP contribution is -2.41. The fourth-order valence-corrected chi connectivity index (χ4v) is 4.18. The quantitative estimate of drug-likeness (QED) is 0.420. The molecule has 164 valence electrons. The van der Waals surface area contributed by atoms with Gasteiger partial charge in [-0.1, -0.05) is 74.0 Å². The van der Waals surface area contributed by atoms with Crippen molar-refractivity contribution in [3.8, 4) is 0 Å². The van der Waals surface area contributed by atoms with Crippen LogP contribution in [0.1, 0.15) is 49.2 Å². The third kappa shape index (κ3) is 6.89. The van der Waals surface area contributed by atoms with E-state index in [1.165, 1.54) is 22.7 Å². The molecule has 0 fully saturated rings. The molecule has 1 amide bonds. The van der Waals surface area contributed by atoms with Crippen molar-refractivity contribution in [1.82, 2.24) is 14.3 Å². The zero-order valence-corrected chi connectivity index (χ0v) is 19.6. The van der Waals surface area contributed by atoms with Crippen LogP contribution in [0, 0.1) is 6.92 Å². The second-order valence-corrected chi connectivity index (χ2v) is 8.61. The summed E-state index contributed by atoms with van der Waals surface area (Å²) in [6.45, 7) is 8.84. The second kappa shape index (κ2) is 11.6. The van der Waals surface area contributed by atoms with Gasteiger partial charge in [-0.2, -0.15) is 4.37 Å². The summed E-state index contributed by atoms with van der Waals surface area (Å²) in [6.07, 6.45) is 2.62. The lowest BCUT2D eigenvalue weighted by atomic mass is 10.1. The van der Waals surface area contributed by atoms with Gasteiger partial charge in [0.15, 0.2) is 0 Å². The van der Waals surface area contributed by atoms with Gasteiger partial charge in [-0.25, -0.2) is 4.98 Å². The first-order valence-corrected chi connectivity index (χ1v) is 11.8. The number of aromatic nitrogens is 2. The molecule has 1 heterocycles. The molecular weight excluding hydrogens is 404 g/mol. The van der Waals surface area contributed by atoms with E-state index in [0.717, 1.165) is 42.5 Å². The smallest absolute Gasteiger partial charge is 0.242 e. The molecule has 0 bridgehead atoms. The van der Waals surface area contributed by atoms with Crippen LogP contribution >= 0.6 is 11.5 Å². The molecule has 0 radical (unpaired) electrons. The van der Waals surface area contributed by atoms with Gasteiger partial charge in [0.1, 0.15) is 5.82 Å². The van der Waals surface area contributed by atoms with E-state index in [1.807, 2.05) is 23.1 Å². The first-order chi connectivity index (χ1) is 15.1. The first kappa shape index (κ1) is 22.9. The van der Waals surface area contributed by atoms with Crippen molar-refractivity contribution in [3.63, 3.8) is 0 Å². The van der Waals surface area contributed by atoms with E-state index in [9.17, 15) is 4.79 Å². The zero-order chi connectivity index (χ0) is 22.1. The van der Waals surface area contributed by atoms with Gasteiger partial charge in [0.2, 0.25) is 11.0 Å². The molecule has 0 atom stereocenters. The van der Waals surface area contributed by atoms with Gasteiger partial charge < -0.3 is 9.80 Å². The first-order valence-electron chi connectivity index (χ1n) is 11.0. The molecule has 0 N–H and O–H groups in total. The Morgan fingerprint density at radius 3 is 2.26 bits per heavy atom. The molecule has 3 rings (SSSR count). The maximum absolute atomic E-state index is 13.1. The summed E-state index contributed by atoms with van der Waals surface area (Å²) in [4.78, 5) is 21.9. The number of amides is 1. The Morgan fingerprint density at radius 1 is 0.935 bits per heavy atom. The third-order valence-electron chi connectivity index (χ3n) is 5.09. The fraction of sp³-hybridized carbons (Fsp3) is 0.400. The van der Waals surface area contributed by atoms with Crippen LogP contribution < -0.4 is 4.90 Å². The maximum Gasteiger partial charge on any atom is 0.242 e. The Balaban J connectivity index is 1.78. The summed E-state index contributed by atoms with van der Waals surface area (Å²) >= 11 is 1.37. The number of nitrogens with zero attached hydrogens (tertiary/aromatic N) is 4. The van der Waals surface area contributed by atoms with E-state index in [0.29, 0.717) is 19.5 Å². The molecule has 6 heteroatoms. The average Bonchev–Trinajstić information content (AvgIpc) is 3.24. The Hall–Kier alpha value is -2.73. The molecule has 0 aliphatic carbocycles. The van der Waals surface area contributed by atoms with E-state index >= 15 is 0 Å². The number of benzene rings is 2. The van der Waals surface area contributed by atoms with Gasteiger partial charge >= 0.3 is 0 Å². The van der Waals surface area contributed by atoms with Gasteiger partial charge in [-0.15, -0.1) is 0 Å². The number of carbonyl (C=O) groups is 1. The number of hydrogen-bond acceptors (Lipinski definition) is 5. The molecule has 0 saturated carbocycles. The van der Waals surface area contributed by atoms with Crippen molar-refractivity contribution in [2.45, 2.75) is 46.6 Å². The van der Waals surface area contributed by atoms with Gasteiger partial charge in [0.25, 0.3) is 0 Å². The SMILES string of the molecule is CCCN(CCC)C(=O)CN(Cc1ccccc1)c1nc(Cc2ccc(C)cc2)ns1. The third-order valence-corrected chi connectivity index (χ3v) is 5.91. The zero-order valence-electron chi connectivity index (χ0n) is 18.8. The summed E-state index contributed by atoms with van der Waals surface area (Å²) in [6, 6.07) is 18.7. The number of rotatable bonds is 11. The van der Waals surface area contributed by atoms with Crippen molar-refractivity contribution < 1.29 is 4.79 Å². The highest BCUT2D eigenvalue weighted by Gasteiger charge is 2.20. The summed E-state index contributed by atoms with van der Waals surface area (Å²) in [5.74, 6) is 0.947. The van der Waals surface area contributed by atoms with Crippen LogP contribution in [0.4, 0.5) is 5.13 Å². The van der Waals surface area contributed by atoms with Crippen LogP contribution in [0.5, 0.6) is 0 Å². The molecule has 5 nitrogen and oxygen atoms in total. The van der Waals surface area contributed by atoms with Crippen LogP contribution in [0.3, 0.4) is 0 Å². The Kier molecular flexibility index (Phi) is 8.59. The van der Waals surface area contributed by atoms with Gasteiger partial charge in [-0.05, 0) is 30.9 Å². The molecule has 0 saturated heterocycles. The summed E-state index contributed by atoms with van der Waals surface area (Å²) < 4.78 is 4.59. The van der Waals surface area contributed by atoms with Crippen molar-refractivity contribution in [3.05, 3.63) is 77.1 Å². The Bertz CT molecular complexity index is 934. The number of aryl methyl sites for hydroxylation is 1. The van der Waals surface area contributed by atoms with Gasteiger partial charge in [0.05, 0.1) is 6.54 Å². The highest BCUT2D eigenvalue weighted by Crippen LogP contribution is 2.22. The van der Waals surface area contributed by atoms with E-state index in [-0.39, 0.29) is 5.91 Å². The lowest BCUT2D eigenvalue weighted by molar-refractivity contribution is -0.129. The van der Waals surface area contributed by atoms with Crippen LogP contribution in [0.25, 0.3) is 0 Å². The second-order valence-electron chi connectivity index (χ2n) is 7.88. The van der Waals surface area contributed by atoms with Crippen molar-refractivity contribution in [1.29, 1.82) is 0 Å². The monoisotopic (exact) mass is 436 g/mol. The predicted molar refractivity (Wildman–Crippen MR) is 129 cm³/mol. The minimum absolute atomic E-state index is 0.148. The average molecular weight is 437 g/mol. The molecule has 0 spiro atoms. The summed E-state index contributed by atoms with van der Waals surface area (Å²) in [5, 5.41) is 0.798. The lowest BCUT2D eigenvalue weighted by Gasteiger charge is -2.27. The minimum Gasteiger partial charge on any atom is -0.341 e. The maximum atomic E-state index is 13.1. The van der Waals surface area contributed by atoms with E-state index in [2.05, 4.69) is 66.4 Å². The van der Waals surface area contributed by atoms with Crippen molar-refractivity contribution >= 4 is 22.6 Å². The highest BCUT2D eigenvalue weighted by atomic mass is 32.1. The molecule has 0 aliphatic heterocycles. The standard InChI is InChI=1S/C25H32N4OS/c1-4-15-28(16-5-2)24(30)19-29(18-22-9-7-6-8-10-22)25-26-23(27-31-25)17-21-13-11-20(3)12-14-21/h6-14H,4-5,15-19H2,1-3H3. The van der Waals surface area contributed by atoms with Crippen LogP contribution in [0.15, 0.2) is 54.6 Å². The van der Waals surface area contributed by atoms with Gasteiger partial charge in [0, 0.05) is 37.6 Å². The normalized spacial score (nSPS) is 10.8. The predicted octanol–water partition coefficient (Wildman–Crippen LogP) is 5.09. The van der Waals surface area contributed by atoms with E-state index in [4.69, 9.17) is 4.98 Å². The number of anilines is 1. The Morgan fingerprint density at radius 2 is 1.61 bits per heavy atom. The molecular formula is C25H32N4OS. The molecule has 1 aromatic heterocycles. The largest absolute Gasteiger partial charge is 0.341 e. The van der Waals surface area contributed by atoms with Crippen LogP contribution in [-0.2, 0) is 17.8 Å².